The molecule has 30 heavy (non-hydrogen) atoms. The molecule has 7 heteroatoms. The predicted octanol–water partition coefficient (Wildman–Crippen LogP) is 4.38. The Hall–Kier alpha value is -3.32. The first-order valence-corrected chi connectivity index (χ1v) is 11.0. The number of hydrogen-bond acceptors (Lipinski definition) is 4. The van der Waals surface area contributed by atoms with Crippen molar-refractivity contribution in [3.8, 4) is 5.75 Å². The second-order valence-electron chi connectivity index (χ2n) is 6.90. The van der Waals surface area contributed by atoms with Gasteiger partial charge in [0.1, 0.15) is 5.75 Å². The van der Waals surface area contributed by atoms with Gasteiger partial charge in [0.05, 0.1) is 17.7 Å². The van der Waals surface area contributed by atoms with Crippen molar-refractivity contribution < 1.29 is 17.9 Å². The van der Waals surface area contributed by atoms with Gasteiger partial charge < -0.3 is 10.1 Å². The Morgan fingerprint density at radius 3 is 2.30 bits per heavy atom. The zero-order valence-corrected chi connectivity index (χ0v) is 17.7. The summed E-state index contributed by atoms with van der Waals surface area (Å²) in [5, 5.41) is 2.80. The molecule has 0 atom stereocenters. The van der Waals surface area contributed by atoms with Crippen LogP contribution in [0.25, 0.3) is 0 Å². The zero-order valence-electron chi connectivity index (χ0n) is 16.9. The molecule has 3 rings (SSSR count). The Labute approximate surface area is 177 Å². The molecule has 0 heterocycles. The summed E-state index contributed by atoms with van der Waals surface area (Å²) in [6.45, 7) is 2.02. The highest BCUT2D eigenvalue weighted by atomic mass is 32.2. The normalized spacial score (nSPS) is 11.0. The summed E-state index contributed by atoms with van der Waals surface area (Å²) in [5.41, 5.74) is 3.23. The monoisotopic (exact) mass is 424 g/mol. The first-order chi connectivity index (χ1) is 14.4. The van der Waals surface area contributed by atoms with E-state index in [1.807, 2.05) is 31.2 Å². The summed E-state index contributed by atoms with van der Waals surface area (Å²) >= 11 is 0. The Morgan fingerprint density at radius 2 is 1.63 bits per heavy atom. The minimum atomic E-state index is -3.75. The molecule has 3 aromatic carbocycles. The molecular weight excluding hydrogens is 400 g/mol. The van der Waals surface area contributed by atoms with Crippen LogP contribution in [0.15, 0.2) is 77.7 Å². The van der Waals surface area contributed by atoms with E-state index in [2.05, 4.69) is 10.0 Å². The Balaban J connectivity index is 1.59. The van der Waals surface area contributed by atoms with Crippen molar-refractivity contribution >= 4 is 27.3 Å². The van der Waals surface area contributed by atoms with E-state index < -0.39 is 10.0 Å². The second kappa shape index (κ2) is 9.45. The first kappa shape index (κ1) is 21.4. The molecular formula is C23H24N2O4S. The van der Waals surface area contributed by atoms with Crippen LogP contribution in [0.4, 0.5) is 11.4 Å². The lowest BCUT2D eigenvalue weighted by Gasteiger charge is -2.10. The highest BCUT2D eigenvalue weighted by Crippen LogP contribution is 2.21. The van der Waals surface area contributed by atoms with Crippen LogP contribution in [0, 0.1) is 6.92 Å². The lowest BCUT2D eigenvalue weighted by Crippen LogP contribution is -2.14. The molecule has 0 aliphatic heterocycles. The van der Waals surface area contributed by atoms with Crippen LogP contribution in [0.5, 0.6) is 5.75 Å². The van der Waals surface area contributed by atoms with Gasteiger partial charge in [-0.15, -0.1) is 0 Å². The standard InChI is InChI=1S/C23H24N2O4S/c1-17-6-8-18(9-7-17)10-15-23(26)24-19-11-13-22(14-12-19)30(27,28)25-20-4-3-5-21(16-20)29-2/h3-9,11-14,16,25H,10,15H2,1-2H3,(H,24,26). The number of sulfonamides is 1. The summed E-state index contributed by atoms with van der Waals surface area (Å²) in [6, 6.07) is 20.8. The number of carbonyl (C=O) groups is 1. The van der Waals surface area contributed by atoms with E-state index in [0.29, 0.717) is 30.0 Å². The van der Waals surface area contributed by atoms with Crippen molar-refractivity contribution in [2.45, 2.75) is 24.7 Å². The number of rotatable bonds is 8. The average molecular weight is 425 g/mol. The van der Waals surface area contributed by atoms with E-state index >= 15 is 0 Å². The highest BCUT2D eigenvalue weighted by molar-refractivity contribution is 7.92. The third-order valence-electron chi connectivity index (χ3n) is 4.53. The topological polar surface area (TPSA) is 84.5 Å². The van der Waals surface area contributed by atoms with Gasteiger partial charge in [-0.05, 0) is 55.3 Å². The summed E-state index contributed by atoms with van der Waals surface area (Å²) in [7, 11) is -2.24. The van der Waals surface area contributed by atoms with E-state index in [1.165, 1.54) is 24.8 Å². The fraction of sp³-hybridized carbons (Fsp3) is 0.174. The maximum Gasteiger partial charge on any atom is 0.261 e. The number of ether oxygens (including phenoxy) is 1. The van der Waals surface area contributed by atoms with Gasteiger partial charge in [0.15, 0.2) is 0 Å². The molecule has 0 aromatic heterocycles. The number of benzene rings is 3. The third-order valence-corrected chi connectivity index (χ3v) is 5.93. The van der Waals surface area contributed by atoms with Crippen LogP contribution >= 0.6 is 0 Å². The van der Waals surface area contributed by atoms with Crippen LogP contribution < -0.4 is 14.8 Å². The number of methoxy groups -OCH3 is 1. The molecule has 3 aromatic rings. The Morgan fingerprint density at radius 1 is 0.933 bits per heavy atom. The lowest BCUT2D eigenvalue weighted by molar-refractivity contribution is -0.116. The van der Waals surface area contributed by atoms with Crippen molar-refractivity contribution in [2.24, 2.45) is 0 Å². The number of carbonyl (C=O) groups excluding carboxylic acids is 1. The van der Waals surface area contributed by atoms with Crippen LogP contribution in [-0.4, -0.2) is 21.4 Å². The minimum absolute atomic E-state index is 0.1000. The van der Waals surface area contributed by atoms with Crippen molar-refractivity contribution in [2.75, 3.05) is 17.1 Å². The third kappa shape index (κ3) is 5.84. The van der Waals surface area contributed by atoms with Crippen molar-refractivity contribution in [3.05, 3.63) is 83.9 Å². The number of nitrogens with one attached hydrogen (secondary N) is 2. The molecule has 0 unspecified atom stereocenters. The molecule has 0 radical (unpaired) electrons. The maximum absolute atomic E-state index is 12.6. The number of amides is 1. The largest absolute Gasteiger partial charge is 0.497 e. The van der Waals surface area contributed by atoms with E-state index in [1.54, 1.807) is 36.4 Å². The average Bonchev–Trinajstić information content (AvgIpc) is 2.73. The summed E-state index contributed by atoms with van der Waals surface area (Å²) in [5.74, 6) is 0.430. The lowest BCUT2D eigenvalue weighted by atomic mass is 10.1. The van der Waals surface area contributed by atoms with Crippen molar-refractivity contribution in [1.29, 1.82) is 0 Å². The van der Waals surface area contributed by atoms with Gasteiger partial charge in [0, 0.05) is 18.2 Å². The van der Waals surface area contributed by atoms with E-state index in [0.717, 1.165) is 5.56 Å². The quantitative estimate of drug-likeness (QED) is 0.562. The van der Waals surface area contributed by atoms with Gasteiger partial charge in [0.25, 0.3) is 10.0 Å². The second-order valence-corrected chi connectivity index (χ2v) is 8.58. The fourth-order valence-electron chi connectivity index (χ4n) is 2.85. The molecule has 2 N–H and O–H groups in total. The van der Waals surface area contributed by atoms with Gasteiger partial charge in [-0.25, -0.2) is 8.42 Å². The van der Waals surface area contributed by atoms with Gasteiger partial charge in [0.2, 0.25) is 5.91 Å². The fourth-order valence-corrected chi connectivity index (χ4v) is 3.90. The molecule has 0 saturated heterocycles. The molecule has 0 spiro atoms. The van der Waals surface area contributed by atoms with Crippen molar-refractivity contribution in [1.82, 2.24) is 0 Å². The highest BCUT2D eigenvalue weighted by Gasteiger charge is 2.15. The van der Waals surface area contributed by atoms with Gasteiger partial charge >= 0.3 is 0 Å². The molecule has 156 valence electrons. The van der Waals surface area contributed by atoms with E-state index in [4.69, 9.17) is 4.74 Å². The van der Waals surface area contributed by atoms with Crippen LogP contribution in [0.2, 0.25) is 0 Å². The molecule has 0 fully saturated rings. The summed E-state index contributed by atoms with van der Waals surface area (Å²) in [6.07, 6.45) is 0.990. The van der Waals surface area contributed by atoms with E-state index in [9.17, 15) is 13.2 Å². The van der Waals surface area contributed by atoms with Gasteiger partial charge in [-0.2, -0.15) is 0 Å². The molecule has 1 amide bonds. The Kier molecular flexibility index (Phi) is 6.74. The summed E-state index contributed by atoms with van der Waals surface area (Å²) < 4.78 is 32.8. The smallest absolute Gasteiger partial charge is 0.261 e. The molecule has 0 aliphatic carbocycles. The number of anilines is 2. The van der Waals surface area contributed by atoms with Gasteiger partial charge in [-0.1, -0.05) is 35.9 Å². The minimum Gasteiger partial charge on any atom is -0.497 e. The first-order valence-electron chi connectivity index (χ1n) is 9.48. The summed E-state index contributed by atoms with van der Waals surface area (Å²) in [4.78, 5) is 12.3. The van der Waals surface area contributed by atoms with Crippen LogP contribution in [-0.2, 0) is 21.2 Å². The van der Waals surface area contributed by atoms with Crippen LogP contribution in [0.1, 0.15) is 17.5 Å². The molecule has 6 nitrogen and oxygen atoms in total. The number of hydrogen-bond donors (Lipinski definition) is 2. The molecule has 0 aliphatic rings. The van der Waals surface area contributed by atoms with Crippen LogP contribution in [0.3, 0.4) is 0 Å². The number of aryl methyl sites for hydroxylation is 2. The van der Waals surface area contributed by atoms with Crippen molar-refractivity contribution in [3.63, 3.8) is 0 Å². The SMILES string of the molecule is COc1cccc(NS(=O)(=O)c2ccc(NC(=O)CCc3ccc(C)cc3)cc2)c1. The maximum atomic E-state index is 12.6. The van der Waals surface area contributed by atoms with E-state index in [-0.39, 0.29) is 10.8 Å². The predicted molar refractivity (Wildman–Crippen MR) is 118 cm³/mol. The zero-order chi connectivity index (χ0) is 21.6. The molecule has 0 bridgehead atoms. The molecule has 0 saturated carbocycles. The Bertz CT molecular complexity index is 1110. The van der Waals surface area contributed by atoms with Gasteiger partial charge in [-0.3, -0.25) is 9.52 Å².